The molecule has 1 aromatic carbocycles. The first-order chi connectivity index (χ1) is 10.0. The van der Waals surface area contributed by atoms with Crippen LogP contribution in [0.25, 0.3) is 0 Å². The summed E-state index contributed by atoms with van der Waals surface area (Å²) in [7, 11) is 1.51. The van der Waals surface area contributed by atoms with E-state index in [1.807, 2.05) is 12.1 Å². The van der Waals surface area contributed by atoms with Crippen molar-refractivity contribution in [3.63, 3.8) is 0 Å². The molecule has 0 radical (unpaired) electrons. The number of aromatic nitrogens is 1. The number of benzene rings is 1. The van der Waals surface area contributed by atoms with Gasteiger partial charge in [-0.25, -0.2) is 8.78 Å². The lowest BCUT2D eigenvalue weighted by Gasteiger charge is -2.11. The average molecular weight is 292 g/mol. The van der Waals surface area contributed by atoms with E-state index >= 15 is 0 Å². The third-order valence-electron chi connectivity index (χ3n) is 3.41. The van der Waals surface area contributed by atoms with Crippen LogP contribution in [0.5, 0.6) is 11.6 Å². The molecule has 1 N–H and O–H groups in total. The van der Waals surface area contributed by atoms with Crippen molar-refractivity contribution in [2.75, 3.05) is 12.4 Å². The minimum Gasteiger partial charge on any atom is -0.436 e. The van der Waals surface area contributed by atoms with Gasteiger partial charge in [-0.05, 0) is 30.0 Å². The highest BCUT2D eigenvalue weighted by atomic mass is 19.1. The van der Waals surface area contributed by atoms with Gasteiger partial charge >= 0.3 is 0 Å². The van der Waals surface area contributed by atoms with Crippen molar-refractivity contribution in [3.8, 4) is 11.6 Å². The second kappa shape index (κ2) is 6.52. The summed E-state index contributed by atoms with van der Waals surface area (Å²) in [6.45, 7) is 4.25. The van der Waals surface area contributed by atoms with E-state index in [0.29, 0.717) is 11.7 Å². The van der Waals surface area contributed by atoms with Crippen LogP contribution in [-0.2, 0) is 0 Å². The predicted molar refractivity (Wildman–Crippen MR) is 78.9 cm³/mol. The summed E-state index contributed by atoms with van der Waals surface area (Å²) in [6.07, 6.45) is 1.04. The Hall–Kier alpha value is -2.17. The quantitative estimate of drug-likeness (QED) is 0.866. The van der Waals surface area contributed by atoms with E-state index in [2.05, 4.69) is 24.1 Å². The molecule has 1 unspecified atom stereocenters. The van der Waals surface area contributed by atoms with Gasteiger partial charge in [0, 0.05) is 13.1 Å². The first-order valence-corrected chi connectivity index (χ1v) is 6.86. The molecule has 3 nitrogen and oxygen atoms in total. The Morgan fingerprint density at radius 3 is 2.43 bits per heavy atom. The van der Waals surface area contributed by atoms with Crippen molar-refractivity contribution in [2.24, 2.45) is 0 Å². The summed E-state index contributed by atoms with van der Waals surface area (Å²) in [5.41, 5.74) is 1.19. The molecule has 0 aliphatic carbocycles. The summed E-state index contributed by atoms with van der Waals surface area (Å²) < 4.78 is 32.4. The van der Waals surface area contributed by atoms with Crippen molar-refractivity contribution in [3.05, 3.63) is 47.5 Å². The van der Waals surface area contributed by atoms with Crippen LogP contribution in [0, 0.1) is 11.6 Å². The number of ether oxygens (including phenoxy) is 1. The molecule has 0 bridgehead atoms. The van der Waals surface area contributed by atoms with Crippen LogP contribution in [0.15, 0.2) is 30.3 Å². The van der Waals surface area contributed by atoms with Crippen LogP contribution < -0.4 is 10.1 Å². The maximum Gasteiger partial charge on any atom is 0.258 e. The summed E-state index contributed by atoms with van der Waals surface area (Å²) in [5, 5.41) is 2.55. The van der Waals surface area contributed by atoms with E-state index < -0.39 is 11.6 Å². The van der Waals surface area contributed by atoms with E-state index in [1.54, 1.807) is 12.1 Å². The SMILES string of the molecule is CCC(C)c1ccc(Oc2nc(NC)c(F)cc2F)cc1. The Kier molecular flexibility index (Phi) is 4.73. The van der Waals surface area contributed by atoms with Crippen molar-refractivity contribution in [1.82, 2.24) is 4.98 Å². The van der Waals surface area contributed by atoms with Gasteiger partial charge in [-0.1, -0.05) is 26.0 Å². The molecule has 5 heteroatoms. The fourth-order valence-electron chi connectivity index (χ4n) is 1.91. The highest BCUT2D eigenvalue weighted by Gasteiger charge is 2.13. The number of pyridine rings is 1. The van der Waals surface area contributed by atoms with Gasteiger partial charge in [-0.15, -0.1) is 0 Å². The summed E-state index contributed by atoms with van der Waals surface area (Å²) in [4.78, 5) is 3.78. The number of nitrogens with zero attached hydrogens (tertiary/aromatic N) is 1. The molecule has 2 aromatic rings. The lowest BCUT2D eigenvalue weighted by atomic mass is 9.99. The molecule has 2 rings (SSSR count). The zero-order chi connectivity index (χ0) is 15.4. The zero-order valence-corrected chi connectivity index (χ0v) is 12.3. The van der Waals surface area contributed by atoms with Gasteiger partial charge in [0.1, 0.15) is 5.75 Å². The number of anilines is 1. The number of rotatable bonds is 5. The normalized spacial score (nSPS) is 12.0. The summed E-state index contributed by atoms with van der Waals surface area (Å²) in [5.74, 6) is -0.982. The summed E-state index contributed by atoms with van der Waals surface area (Å²) in [6, 6.07) is 8.13. The number of halogens is 2. The van der Waals surface area contributed by atoms with E-state index in [4.69, 9.17) is 4.74 Å². The molecule has 0 saturated heterocycles. The molecule has 0 fully saturated rings. The highest BCUT2D eigenvalue weighted by Crippen LogP contribution is 2.27. The molecule has 0 aliphatic rings. The van der Waals surface area contributed by atoms with Gasteiger partial charge < -0.3 is 10.1 Å². The Balaban J connectivity index is 2.22. The van der Waals surface area contributed by atoms with Gasteiger partial charge in [0.15, 0.2) is 17.5 Å². The number of nitrogens with one attached hydrogen (secondary N) is 1. The molecule has 112 valence electrons. The van der Waals surface area contributed by atoms with E-state index in [0.717, 1.165) is 12.5 Å². The van der Waals surface area contributed by atoms with Gasteiger partial charge in [0.2, 0.25) is 0 Å². The fourth-order valence-corrected chi connectivity index (χ4v) is 1.91. The van der Waals surface area contributed by atoms with Crippen molar-refractivity contribution in [1.29, 1.82) is 0 Å². The third kappa shape index (κ3) is 3.48. The maximum absolute atomic E-state index is 13.7. The van der Waals surface area contributed by atoms with Crippen molar-refractivity contribution >= 4 is 5.82 Å². The predicted octanol–water partition coefficient (Wildman–Crippen LogP) is 4.71. The standard InChI is InChI=1S/C16H18F2N2O/c1-4-10(2)11-5-7-12(8-6-11)21-16-14(18)9-13(17)15(19-3)20-16/h5-10H,4H2,1-3H3,(H,19,20). The van der Waals surface area contributed by atoms with Crippen molar-refractivity contribution < 1.29 is 13.5 Å². The summed E-state index contributed by atoms with van der Waals surface area (Å²) >= 11 is 0. The lowest BCUT2D eigenvalue weighted by molar-refractivity contribution is 0.418. The van der Waals surface area contributed by atoms with Crippen LogP contribution in [-0.4, -0.2) is 12.0 Å². The monoisotopic (exact) mass is 292 g/mol. The fraction of sp³-hybridized carbons (Fsp3) is 0.312. The topological polar surface area (TPSA) is 34.1 Å². The highest BCUT2D eigenvalue weighted by molar-refractivity contribution is 5.40. The third-order valence-corrected chi connectivity index (χ3v) is 3.41. The maximum atomic E-state index is 13.7. The van der Waals surface area contributed by atoms with Gasteiger partial charge in [-0.2, -0.15) is 4.98 Å². The van der Waals surface area contributed by atoms with Crippen LogP contribution in [0.1, 0.15) is 31.7 Å². The van der Waals surface area contributed by atoms with E-state index in [9.17, 15) is 8.78 Å². The molecule has 1 aromatic heterocycles. The smallest absolute Gasteiger partial charge is 0.258 e. The molecular weight excluding hydrogens is 274 g/mol. The van der Waals surface area contributed by atoms with Gasteiger partial charge in [0.25, 0.3) is 5.88 Å². The van der Waals surface area contributed by atoms with E-state index in [1.165, 1.54) is 12.6 Å². The molecule has 0 saturated carbocycles. The second-order valence-corrected chi connectivity index (χ2v) is 4.84. The number of hydrogen-bond acceptors (Lipinski definition) is 3. The number of hydrogen-bond donors (Lipinski definition) is 1. The molecular formula is C16H18F2N2O. The average Bonchev–Trinajstić information content (AvgIpc) is 2.50. The minimum absolute atomic E-state index is 0.0531. The van der Waals surface area contributed by atoms with Crippen LogP contribution in [0.3, 0.4) is 0 Å². The molecule has 1 atom stereocenters. The Bertz CT molecular complexity index is 614. The zero-order valence-electron chi connectivity index (χ0n) is 12.3. The molecule has 0 amide bonds. The van der Waals surface area contributed by atoms with Crippen LogP contribution in [0.2, 0.25) is 0 Å². The van der Waals surface area contributed by atoms with Crippen LogP contribution in [0.4, 0.5) is 14.6 Å². The molecule has 0 aliphatic heterocycles. The molecule has 1 heterocycles. The largest absolute Gasteiger partial charge is 0.436 e. The molecule has 21 heavy (non-hydrogen) atoms. The van der Waals surface area contributed by atoms with Crippen LogP contribution >= 0.6 is 0 Å². The molecule has 0 spiro atoms. The first kappa shape index (κ1) is 15.2. The van der Waals surface area contributed by atoms with Crippen molar-refractivity contribution in [2.45, 2.75) is 26.2 Å². The van der Waals surface area contributed by atoms with Gasteiger partial charge in [0.05, 0.1) is 0 Å². The minimum atomic E-state index is -0.836. The Morgan fingerprint density at radius 1 is 1.19 bits per heavy atom. The van der Waals surface area contributed by atoms with E-state index in [-0.39, 0.29) is 11.7 Å². The first-order valence-electron chi connectivity index (χ1n) is 6.86. The Morgan fingerprint density at radius 2 is 1.86 bits per heavy atom. The Labute approximate surface area is 123 Å². The lowest BCUT2D eigenvalue weighted by Crippen LogP contribution is -2.01. The van der Waals surface area contributed by atoms with Gasteiger partial charge in [-0.3, -0.25) is 0 Å². The second-order valence-electron chi connectivity index (χ2n) is 4.84.